The molecule has 0 rings (SSSR count). The van der Waals surface area contributed by atoms with E-state index < -0.39 is 6.29 Å². The molecule has 0 radical (unpaired) electrons. The van der Waals surface area contributed by atoms with Crippen LogP contribution in [0.2, 0.25) is 0 Å². The molecule has 0 aromatic carbocycles. The largest absolute Gasteiger partial charge is 0.425 e. The maximum atomic E-state index is 11.2. The fourth-order valence-corrected chi connectivity index (χ4v) is 0.873. The molecular weight excluding hydrogens is 198 g/mol. The molecule has 0 aromatic heterocycles. The van der Waals surface area contributed by atoms with Crippen LogP contribution in [0.5, 0.6) is 0 Å². The lowest BCUT2D eigenvalue weighted by Gasteiger charge is -2.16. The van der Waals surface area contributed by atoms with Gasteiger partial charge in [0.05, 0.1) is 0 Å². The Balaban J connectivity index is 3.87. The van der Waals surface area contributed by atoms with Crippen LogP contribution in [0.1, 0.15) is 39.5 Å². The van der Waals surface area contributed by atoms with Crippen molar-refractivity contribution in [2.45, 2.75) is 45.8 Å². The minimum absolute atomic E-state index is 0.261. The molecule has 0 spiro atoms. The van der Waals surface area contributed by atoms with E-state index in [2.05, 4.69) is 0 Å². The molecule has 0 saturated heterocycles. The molecule has 0 aliphatic rings. The number of carbonyl (C=O) groups excluding carboxylic acids is 2. The van der Waals surface area contributed by atoms with Crippen LogP contribution < -0.4 is 5.73 Å². The number of hydrogen-bond donors (Lipinski definition) is 1. The molecule has 15 heavy (non-hydrogen) atoms. The number of nitrogens with two attached hydrogens (primary N) is 1. The molecule has 0 heterocycles. The topological polar surface area (TPSA) is 78.6 Å². The molecule has 0 aliphatic carbocycles. The van der Waals surface area contributed by atoms with Gasteiger partial charge in [0.1, 0.15) is 0 Å². The summed E-state index contributed by atoms with van der Waals surface area (Å²) in [5.41, 5.74) is 5.25. The van der Waals surface area contributed by atoms with Crippen molar-refractivity contribution in [1.29, 1.82) is 0 Å². The fourth-order valence-electron chi connectivity index (χ4n) is 0.873. The van der Waals surface area contributed by atoms with Crippen molar-refractivity contribution in [3.05, 3.63) is 0 Å². The number of esters is 2. The van der Waals surface area contributed by atoms with Crippen molar-refractivity contribution in [1.82, 2.24) is 0 Å². The van der Waals surface area contributed by atoms with Gasteiger partial charge in [0, 0.05) is 19.3 Å². The highest BCUT2D eigenvalue weighted by molar-refractivity contribution is 5.71. The third-order valence-electron chi connectivity index (χ3n) is 1.73. The third-order valence-corrected chi connectivity index (χ3v) is 1.73. The minimum Gasteiger partial charge on any atom is -0.425 e. The summed E-state index contributed by atoms with van der Waals surface area (Å²) in [5, 5.41) is 0. The van der Waals surface area contributed by atoms with Crippen molar-refractivity contribution >= 4 is 11.9 Å². The first kappa shape index (κ1) is 13.9. The highest BCUT2D eigenvalue weighted by Crippen LogP contribution is 2.04. The van der Waals surface area contributed by atoms with Crippen LogP contribution in [0, 0.1) is 0 Å². The second-order valence-electron chi connectivity index (χ2n) is 3.06. The Morgan fingerprint density at radius 3 is 2.27 bits per heavy atom. The second kappa shape index (κ2) is 8.23. The van der Waals surface area contributed by atoms with Gasteiger partial charge in [0.25, 0.3) is 0 Å². The van der Waals surface area contributed by atoms with Crippen LogP contribution >= 0.6 is 0 Å². The van der Waals surface area contributed by atoms with Gasteiger partial charge in [-0.05, 0) is 13.0 Å². The van der Waals surface area contributed by atoms with Crippen molar-refractivity contribution < 1.29 is 19.1 Å². The predicted molar refractivity (Wildman–Crippen MR) is 54.8 cm³/mol. The van der Waals surface area contributed by atoms with E-state index in [0.29, 0.717) is 19.4 Å². The average Bonchev–Trinajstić information content (AvgIpc) is 2.25. The highest BCUT2D eigenvalue weighted by atomic mass is 16.7. The molecule has 5 heteroatoms. The van der Waals surface area contributed by atoms with Crippen molar-refractivity contribution in [2.75, 3.05) is 6.54 Å². The normalized spacial score (nSPS) is 11.9. The lowest BCUT2D eigenvalue weighted by molar-refractivity contribution is -0.188. The molecule has 88 valence electrons. The van der Waals surface area contributed by atoms with E-state index in [9.17, 15) is 9.59 Å². The molecule has 0 aliphatic heterocycles. The van der Waals surface area contributed by atoms with E-state index in [1.165, 1.54) is 0 Å². The number of ether oxygens (including phenoxy) is 2. The summed E-state index contributed by atoms with van der Waals surface area (Å²) in [4.78, 5) is 22.1. The molecule has 2 N–H and O–H groups in total. The van der Waals surface area contributed by atoms with Gasteiger partial charge in [-0.25, -0.2) is 0 Å². The predicted octanol–water partition coefficient (Wildman–Crippen LogP) is 0.958. The van der Waals surface area contributed by atoms with Gasteiger partial charge in [0.2, 0.25) is 6.29 Å². The van der Waals surface area contributed by atoms with Gasteiger partial charge >= 0.3 is 11.9 Å². The first-order chi connectivity index (χ1) is 7.13. The van der Waals surface area contributed by atoms with Gasteiger partial charge in [0.15, 0.2) is 0 Å². The van der Waals surface area contributed by atoms with Crippen LogP contribution in [0.15, 0.2) is 0 Å². The maximum Gasteiger partial charge on any atom is 0.308 e. The van der Waals surface area contributed by atoms with E-state index in [1.54, 1.807) is 13.8 Å². The highest BCUT2D eigenvalue weighted by Gasteiger charge is 2.15. The van der Waals surface area contributed by atoms with Gasteiger partial charge in [-0.15, -0.1) is 0 Å². The van der Waals surface area contributed by atoms with E-state index in [-0.39, 0.29) is 24.8 Å². The summed E-state index contributed by atoms with van der Waals surface area (Å²) in [5.74, 6) is -0.746. The second-order valence-corrected chi connectivity index (χ2v) is 3.06. The monoisotopic (exact) mass is 217 g/mol. The molecule has 0 amide bonds. The van der Waals surface area contributed by atoms with Gasteiger partial charge in [-0.1, -0.05) is 13.8 Å². The lowest BCUT2D eigenvalue weighted by Crippen LogP contribution is -2.23. The summed E-state index contributed by atoms with van der Waals surface area (Å²) in [6.45, 7) is 3.91. The number of hydrogen-bond acceptors (Lipinski definition) is 5. The third kappa shape index (κ3) is 6.90. The summed E-state index contributed by atoms with van der Waals surface area (Å²) < 4.78 is 9.82. The molecular formula is C10H19NO4. The zero-order valence-corrected chi connectivity index (χ0v) is 9.32. The first-order valence-electron chi connectivity index (χ1n) is 5.23. The first-order valence-corrected chi connectivity index (χ1v) is 5.23. The Kier molecular flexibility index (Phi) is 7.62. The molecule has 0 bridgehead atoms. The van der Waals surface area contributed by atoms with E-state index >= 15 is 0 Å². The molecule has 1 atom stereocenters. The van der Waals surface area contributed by atoms with Gasteiger partial charge < -0.3 is 15.2 Å². The summed E-state index contributed by atoms with van der Waals surface area (Å²) in [6, 6.07) is 0. The van der Waals surface area contributed by atoms with Crippen LogP contribution in [-0.4, -0.2) is 24.8 Å². The van der Waals surface area contributed by atoms with E-state index in [0.717, 1.165) is 0 Å². The van der Waals surface area contributed by atoms with Crippen molar-refractivity contribution in [3.63, 3.8) is 0 Å². The Bertz CT molecular complexity index is 206. The minimum atomic E-state index is -0.761. The standard InChI is InChI=1S/C10H19NO4/c1-3-8(12)14-10(4-2)15-9(13)6-5-7-11/h10H,3-7,11H2,1-2H3. The van der Waals surface area contributed by atoms with Gasteiger partial charge in [-0.3, -0.25) is 9.59 Å². The maximum absolute atomic E-state index is 11.2. The molecule has 0 fully saturated rings. The Hall–Kier alpha value is -1.10. The summed E-state index contributed by atoms with van der Waals surface area (Å²) in [7, 11) is 0. The zero-order valence-electron chi connectivity index (χ0n) is 9.32. The number of rotatable bonds is 7. The van der Waals surface area contributed by atoms with Crippen molar-refractivity contribution in [2.24, 2.45) is 5.73 Å². The zero-order chi connectivity index (χ0) is 11.7. The van der Waals surface area contributed by atoms with Crippen LogP contribution in [0.4, 0.5) is 0 Å². The number of carbonyl (C=O) groups is 2. The SMILES string of the molecule is CCC(=O)OC(CC)OC(=O)CCCN. The quantitative estimate of drug-likeness (QED) is 0.507. The molecule has 1 unspecified atom stereocenters. The lowest BCUT2D eigenvalue weighted by atomic mass is 10.3. The Morgan fingerprint density at radius 1 is 1.20 bits per heavy atom. The van der Waals surface area contributed by atoms with Crippen LogP contribution in [0.3, 0.4) is 0 Å². The molecule has 0 saturated carbocycles. The van der Waals surface area contributed by atoms with Crippen LogP contribution in [0.25, 0.3) is 0 Å². The molecule has 5 nitrogen and oxygen atoms in total. The summed E-state index contributed by atoms with van der Waals surface area (Å²) >= 11 is 0. The van der Waals surface area contributed by atoms with Crippen molar-refractivity contribution in [3.8, 4) is 0 Å². The Labute approximate surface area is 89.9 Å². The van der Waals surface area contributed by atoms with E-state index in [4.69, 9.17) is 15.2 Å². The smallest absolute Gasteiger partial charge is 0.308 e. The molecule has 0 aromatic rings. The van der Waals surface area contributed by atoms with E-state index in [1.807, 2.05) is 0 Å². The summed E-state index contributed by atoms with van der Waals surface area (Å²) in [6.07, 6.45) is 0.813. The Morgan fingerprint density at radius 2 is 1.80 bits per heavy atom. The fraction of sp³-hybridized carbons (Fsp3) is 0.800. The van der Waals surface area contributed by atoms with Crippen LogP contribution in [-0.2, 0) is 19.1 Å². The van der Waals surface area contributed by atoms with Gasteiger partial charge in [-0.2, -0.15) is 0 Å². The average molecular weight is 217 g/mol.